The lowest BCUT2D eigenvalue weighted by molar-refractivity contribution is -0.138. The van der Waals surface area contributed by atoms with Crippen molar-refractivity contribution in [3.8, 4) is 22.3 Å². The van der Waals surface area contributed by atoms with Gasteiger partial charge in [-0.2, -0.15) is 26.3 Å². The third-order valence-corrected chi connectivity index (χ3v) is 12.7. The van der Waals surface area contributed by atoms with Gasteiger partial charge in [-0.25, -0.2) is 13.6 Å². The maximum absolute atomic E-state index is 15.2. The van der Waals surface area contributed by atoms with Crippen LogP contribution in [0.5, 0.6) is 0 Å². The van der Waals surface area contributed by atoms with E-state index in [1.165, 1.54) is 29.5 Å². The number of nitrogens with two attached hydrogens (primary N) is 1. The highest BCUT2D eigenvalue weighted by Gasteiger charge is 2.31. The molecule has 0 saturated heterocycles. The zero-order valence-corrected chi connectivity index (χ0v) is 36.2. The first-order valence-electron chi connectivity index (χ1n) is 20.1. The van der Waals surface area contributed by atoms with E-state index in [0.717, 1.165) is 46.7 Å². The Morgan fingerprint density at radius 3 is 1.48 bits per heavy atom. The van der Waals surface area contributed by atoms with Gasteiger partial charge < -0.3 is 15.8 Å². The van der Waals surface area contributed by atoms with Gasteiger partial charge in [0.1, 0.15) is 11.6 Å². The molecule has 66 heavy (non-hydrogen) atoms. The number of primary amides is 1. The van der Waals surface area contributed by atoms with E-state index in [0.29, 0.717) is 63.3 Å². The van der Waals surface area contributed by atoms with E-state index in [9.17, 15) is 40.7 Å². The fraction of sp³-hybridized carbons (Fsp3) is 0.140. The molecule has 0 fully saturated rings. The number of hydrogen-bond donors (Lipinski definition) is 2. The standard InChI is InChI=1S/C25H18F4N2O2S.C25H18F4O2S/c26-22-19-9-3-8-18(15-5-2-6-16(12-15)24(33)31-13-21(30)32)23(19)34-20(22)11-14-4-1-7-17(10-14)25(27,28)29;1-2-31-24(30)17-8-4-7-16(14-17)19-10-5-11-20-22(26)21(32-23(19)20)13-15-6-3-9-18(12-15)25(27,28)29/h1-10,12H,11,13H2,(H2,30,32)(H,31,33);3-12,14H,2,13H2,1H3. The number of benzene rings is 6. The van der Waals surface area contributed by atoms with Gasteiger partial charge in [-0.05, 0) is 76.7 Å². The summed E-state index contributed by atoms with van der Waals surface area (Å²) in [6, 6.07) is 33.6. The molecule has 2 heterocycles. The van der Waals surface area contributed by atoms with Crippen LogP contribution in [0, 0.1) is 11.6 Å². The van der Waals surface area contributed by atoms with Crippen LogP contribution in [-0.2, 0) is 34.7 Å². The van der Waals surface area contributed by atoms with Crippen LogP contribution in [0.2, 0.25) is 0 Å². The van der Waals surface area contributed by atoms with Gasteiger partial charge in [0.25, 0.3) is 5.91 Å². The van der Waals surface area contributed by atoms with Crippen LogP contribution in [0.1, 0.15) is 59.6 Å². The molecule has 6 aromatic carbocycles. The van der Waals surface area contributed by atoms with E-state index >= 15 is 8.78 Å². The van der Waals surface area contributed by atoms with Gasteiger partial charge >= 0.3 is 18.3 Å². The third kappa shape index (κ3) is 10.8. The third-order valence-electron chi connectivity index (χ3n) is 10.2. The quantitative estimate of drug-likeness (QED) is 0.0997. The summed E-state index contributed by atoms with van der Waals surface area (Å²) in [6.45, 7) is 1.68. The number of ether oxygens (including phenoxy) is 1. The molecule has 0 spiro atoms. The van der Waals surface area contributed by atoms with Gasteiger partial charge in [0.05, 0.1) is 29.8 Å². The highest BCUT2D eigenvalue weighted by Crippen LogP contribution is 2.41. The van der Waals surface area contributed by atoms with Crippen molar-refractivity contribution < 1.29 is 54.2 Å². The molecule has 2 amide bonds. The van der Waals surface area contributed by atoms with Crippen molar-refractivity contribution in [3.63, 3.8) is 0 Å². The summed E-state index contributed by atoms with van der Waals surface area (Å²) in [5, 5.41) is 3.17. The van der Waals surface area contributed by atoms with Crippen LogP contribution in [0.25, 0.3) is 42.4 Å². The van der Waals surface area contributed by atoms with Crippen LogP contribution in [0.15, 0.2) is 133 Å². The SMILES string of the molecule is CCOC(=O)c1cccc(-c2cccc3c(F)c(Cc4cccc(C(F)(F)F)c4)sc23)c1.NC(=O)CNC(=O)c1cccc(-c2cccc3c(F)c(Cc4cccc(C(F)(F)F)c4)sc23)c1. The Balaban J connectivity index is 0.000000197. The molecule has 0 aliphatic rings. The summed E-state index contributed by atoms with van der Waals surface area (Å²) in [6.07, 6.45) is -8.86. The Morgan fingerprint density at radius 1 is 0.591 bits per heavy atom. The molecular weight excluding hydrogens is 909 g/mol. The average Bonchev–Trinajstić information content (AvgIpc) is 3.79. The molecule has 8 aromatic rings. The molecule has 6 nitrogen and oxygen atoms in total. The number of thiophene rings is 2. The number of halogens is 8. The van der Waals surface area contributed by atoms with Crippen molar-refractivity contribution in [1.29, 1.82) is 0 Å². The summed E-state index contributed by atoms with van der Waals surface area (Å²) in [5.41, 5.74) is 7.77. The summed E-state index contributed by atoms with van der Waals surface area (Å²) < 4.78 is 115. The molecule has 338 valence electrons. The first-order chi connectivity index (χ1) is 31.4. The van der Waals surface area contributed by atoms with E-state index < -0.39 is 52.9 Å². The van der Waals surface area contributed by atoms with Gasteiger partial charge in [0, 0.05) is 48.3 Å². The predicted molar refractivity (Wildman–Crippen MR) is 240 cm³/mol. The van der Waals surface area contributed by atoms with Gasteiger partial charge in [-0.15, -0.1) is 22.7 Å². The molecule has 0 radical (unpaired) electrons. The summed E-state index contributed by atoms with van der Waals surface area (Å²) in [7, 11) is 0. The molecule has 0 unspecified atom stereocenters. The zero-order chi connectivity index (χ0) is 47.3. The topological polar surface area (TPSA) is 98.5 Å². The van der Waals surface area contributed by atoms with Crippen LogP contribution in [0.4, 0.5) is 35.1 Å². The second-order valence-corrected chi connectivity index (χ2v) is 17.0. The van der Waals surface area contributed by atoms with Gasteiger partial charge in [0.15, 0.2) is 0 Å². The molecule has 0 atom stereocenters. The van der Waals surface area contributed by atoms with Crippen LogP contribution in [0.3, 0.4) is 0 Å². The van der Waals surface area contributed by atoms with Crippen molar-refractivity contribution in [2.45, 2.75) is 32.1 Å². The molecule has 0 aliphatic carbocycles. The first kappa shape index (κ1) is 47.1. The minimum atomic E-state index is -4.48. The molecule has 0 bridgehead atoms. The average molecular weight is 945 g/mol. The molecule has 16 heteroatoms. The number of esters is 1. The molecule has 3 N–H and O–H groups in total. The van der Waals surface area contributed by atoms with Crippen molar-refractivity contribution >= 4 is 60.6 Å². The molecular formula is C50H36F8N2O4S2. The number of amides is 2. The lowest BCUT2D eigenvalue weighted by atomic mass is 10.0. The van der Waals surface area contributed by atoms with Crippen LogP contribution in [-0.4, -0.2) is 30.9 Å². The second-order valence-electron chi connectivity index (χ2n) is 14.8. The van der Waals surface area contributed by atoms with Crippen molar-refractivity contribution in [2.75, 3.05) is 13.2 Å². The predicted octanol–water partition coefficient (Wildman–Crippen LogP) is 13.0. The van der Waals surface area contributed by atoms with Gasteiger partial charge in [0.2, 0.25) is 5.91 Å². The smallest absolute Gasteiger partial charge is 0.416 e. The van der Waals surface area contributed by atoms with Gasteiger partial charge in [-0.3, -0.25) is 9.59 Å². The Bertz CT molecular complexity index is 3100. The molecule has 8 rings (SSSR count). The number of hydrogen-bond acceptors (Lipinski definition) is 6. The zero-order valence-electron chi connectivity index (χ0n) is 34.6. The Hall–Kier alpha value is -6.91. The number of carbonyl (C=O) groups excluding carboxylic acids is 3. The van der Waals surface area contributed by atoms with Crippen molar-refractivity contribution in [3.05, 3.63) is 188 Å². The maximum Gasteiger partial charge on any atom is 0.416 e. The lowest BCUT2D eigenvalue weighted by Gasteiger charge is -2.08. The highest BCUT2D eigenvalue weighted by atomic mass is 32.1. The minimum Gasteiger partial charge on any atom is -0.462 e. The molecule has 2 aromatic heterocycles. The minimum absolute atomic E-state index is 0.0180. The number of nitrogens with one attached hydrogen (secondary N) is 1. The van der Waals surface area contributed by atoms with E-state index in [1.54, 1.807) is 85.8 Å². The summed E-state index contributed by atoms with van der Waals surface area (Å²) >= 11 is 2.37. The largest absolute Gasteiger partial charge is 0.462 e. The second kappa shape index (κ2) is 19.7. The molecule has 0 saturated carbocycles. The first-order valence-corrected chi connectivity index (χ1v) is 21.7. The Kier molecular flexibility index (Phi) is 14.0. The van der Waals surface area contributed by atoms with E-state index in [1.807, 2.05) is 12.1 Å². The van der Waals surface area contributed by atoms with Crippen molar-refractivity contribution in [2.24, 2.45) is 5.73 Å². The number of rotatable bonds is 11. The summed E-state index contributed by atoms with van der Waals surface area (Å²) in [4.78, 5) is 36.0. The summed E-state index contributed by atoms with van der Waals surface area (Å²) in [5.74, 6) is -2.50. The van der Waals surface area contributed by atoms with Crippen LogP contribution < -0.4 is 11.1 Å². The van der Waals surface area contributed by atoms with E-state index in [4.69, 9.17) is 10.5 Å². The maximum atomic E-state index is 15.2. The fourth-order valence-corrected chi connectivity index (χ4v) is 9.67. The highest BCUT2D eigenvalue weighted by molar-refractivity contribution is 7.20. The number of fused-ring (bicyclic) bond motifs is 2. The van der Waals surface area contributed by atoms with E-state index in [2.05, 4.69) is 5.32 Å². The Labute approximate surface area is 380 Å². The number of carbonyl (C=O) groups is 3. The van der Waals surface area contributed by atoms with E-state index in [-0.39, 0.29) is 26.0 Å². The monoisotopic (exact) mass is 944 g/mol. The van der Waals surface area contributed by atoms with Crippen LogP contribution >= 0.6 is 22.7 Å². The lowest BCUT2D eigenvalue weighted by Crippen LogP contribution is -2.33. The van der Waals surface area contributed by atoms with Gasteiger partial charge in [-0.1, -0.05) is 97.1 Å². The van der Waals surface area contributed by atoms with Crippen molar-refractivity contribution in [1.82, 2.24) is 5.32 Å². The normalized spacial score (nSPS) is 11.6. The Morgan fingerprint density at radius 2 is 1.03 bits per heavy atom. The fourth-order valence-electron chi connectivity index (χ4n) is 7.17. The number of alkyl halides is 6. The molecule has 0 aliphatic heterocycles.